The van der Waals surface area contributed by atoms with Crippen molar-refractivity contribution in [3.05, 3.63) is 91.8 Å². The number of hydrogen-bond acceptors (Lipinski definition) is 7. The van der Waals surface area contributed by atoms with E-state index < -0.39 is 5.91 Å². The van der Waals surface area contributed by atoms with Crippen molar-refractivity contribution in [3.8, 4) is 23.3 Å². The highest BCUT2D eigenvalue weighted by Gasteiger charge is 2.35. The predicted molar refractivity (Wildman–Crippen MR) is 146 cm³/mol. The average molecular weight is 600 g/mol. The fourth-order valence-electron chi connectivity index (χ4n) is 3.45. The lowest BCUT2D eigenvalue weighted by molar-refractivity contribution is -0.123. The maximum Gasteiger partial charge on any atom is 0.293 e. The normalized spacial score (nSPS) is 14.1. The molecular formula is C27H20BrClN2O5S. The van der Waals surface area contributed by atoms with Crippen molar-refractivity contribution < 1.29 is 23.8 Å². The van der Waals surface area contributed by atoms with Crippen molar-refractivity contribution in [1.82, 2.24) is 4.90 Å². The lowest BCUT2D eigenvalue weighted by atomic mass is 10.1. The summed E-state index contributed by atoms with van der Waals surface area (Å²) in [6, 6.07) is 19.7. The van der Waals surface area contributed by atoms with Crippen LogP contribution in [0.25, 0.3) is 6.08 Å². The molecule has 0 aromatic heterocycles. The zero-order valence-electron chi connectivity index (χ0n) is 19.6. The van der Waals surface area contributed by atoms with Crippen molar-refractivity contribution in [3.63, 3.8) is 0 Å². The molecule has 1 saturated heterocycles. The van der Waals surface area contributed by atoms with E-state index in [1.165, 1.54) is 7.11 Å². The maximum absolute atomic E-state index is 12.9. The van der Waals surface area contributed by atoms with E-state index in [0.29, 0.717) is 42.8 Å². The number of methoxy groups -OCH3 is 1. The van der Waals surface area contributed by atoms with Crippen LogP contribution in [0.5, 0.6) is 17.2 Å². The molecule has 4 rings (SSSR count). The number of carbonyl (C=O) groups excluding carboxylic acids is 2. The molecule has 1 aliphatic heterocycles. The molecule has 1 fully saturated rings. The lowest BCUT2D eigenvalue weighted by Crippen LogP contribution is -2.32. The Kier molecular flexibility index (Phi) is 8.77. The molecule has 0 unspecified atom stereocenters. The second-order valence-electron chi connectivity index (χ2n) is 7.74. The summed E-state index contributed by atoms with van der Waals surface area (Å²) in [7, 11) is 1.52. The number of nitriles is 1. The summed E-state index contributed by atoms with van der Waals surface area (Å²) in [4.78, 5) is 26.8. The highest BCUT2D eigenvalue weighted by molar-refractivity contribution is 9.10. The summed E-state index contributed by atoms with van der Waals surface area (Å²) in [5.74, 6) is 1.05. The van der Waals surface area contributed by atoms with Crippen LogP contribution in [0.2, 0.25) is 5.02 Å². The zero-order chi connectivity index (χ0) is 26.4. The van der Waals surface area contributed by atoms with Gasteiger partial charge in [-0.05, 0) is 81.3 Å². The number of thioether (sulfide) groups is 1. The molecule has 0 aliphatic carbocycles. The fourth-order valence-corrected chi connectivity index (χ4v) is 5.08. The molecule has 3 aromatic carbocycles. The number of rotatable bonds is 9. The minimum Gasteiger partial charge on any atom is -0.493 e. The number of ether oxygens (including phenoxy) is 3. The molecule has 0 bridgehead atoms. The second kappa shape index (κ2) is 12.2. The van der Waals surface area contributed by atoms with Gasteiger partial charge in [-0.3, -0.25) is 14.5 Å². The number of para-hydroxylation sites is 1. The quantitative estimate of drug-likeness (QED) is 0.254. The van der Waals surface area contributed by atoms with Gasteiger partial charge in [0.1, 0.15) is 19.0 Å². The molecular weight excluding hydrogens is 580 g/mol. The van der Waals surface area contributed by atoms with Crippen molar-refractivity contribution in [2.24, 2.45) is 0 Å². The van der Waals surface area contributed by atoms with Crippen LogP contribution in [-0.2, 0) is 11.4 Å². The van der Waals surface area contributed by atoms with Gasteiger partial charge in [0.2, 0.25) is 0 Å². The summed E-state index contributed by atoms with van der Waals surface area (Å²) in [5, 5.41) is 9.03. The van der Waals surface area contributed by atoms with Crippen LogP contribution in [0.15, 0.2) is 70.0 Å². The molecule has 0 spiro atoms. The third kappa shape index (κ3) is 6.46. The first-order chi connectivity index (χ1) is 17.9. The van der Waals surface area contributed by atoms with Crippen LogP contribution in [0.1, 0.15) is 16.7 Å². The van der Waals surface area contributed by atoms with Crippen LogP contribution < -0.4 is 14.2 Å². The molecule has 0 N–H and O–H groups in total. The summed E-state index contributed by atoms with van der Waals surface area (Å²) in [6.07, 6.45) is 1.64. The number of benzene rings is 3. The largest absolute Gasteiger partial charge is 0.493 e. The Bertz CT molecular complexity index is 1400. The number of amides is 2. The SMILES string of the molecule is COc1cc(/C=C2\SC(=O)N(CCOc3ccccc3Cl)C2=O)cc(Br)c1OCc1ccc(C#N)cc1. The van der Waals surface area contributed by atoms with E-state index in [4.69, 9.17) is 31.1 Å². The first-order valence-electron chi connectivity index (χ1n) is 11.0. The molecule has 37 heavy (non-hydrogen) atoms. The summed E-state index contributed by atoms with van der Waals surface area (Å²) >= 11 is 10.5. The molecule has 7 nitrogen and oxygen atoms in total. The number of nitrogens with zero attached hydrogens (tertiary/aromatic N) is 2. The smallest absolute Gasteiger partial charge is 0.293 e. The van der Waals surface area contributed by atoms with Gasteiger partial charge < -0.3 is 14.2 Å². The van der Waals surface area contributed by atoms with E-state index in [2.05, 4.69) is 22.0 Å². The van der Waals surface area contributed by atoms with Gasteiger partial charge in [-0.1, -0.05) is 35.9 Å². The van der Waals surface area contributed by atoms with E-state index in [0.717, 1.165) is 22.2 Å². The summed E-state index contributed by atoms with van der Waals surface area (Å²) < 4.78 is 17.7. The van der Waals surface area contributed by atoms with E-state index in [1.807, 2.05) is 12.1 Å². The number of hydrogen-bond donors (Lipinski definition) is 0. The summed E-state index contributed by atoms with van der Waals surface area (Å²) in [5.41, 5.74) is 2.13. The number of halogens is 2. The minimum atomic E-state index is -0.394. The van der Waals surface area contributed by atoms with Crippen LogP contribution in [0, 0.1) is 11.3 Å². The average Bonchev–Trinajstić information content (AvgIpc) is 3.16. The third-order valence-electron chi connectivity index (χ3n) is 5.30. The van der Waals surface area contributed by atoms with Gasteiger partial charge in [-0.15, -0.1) is 0 Å². The Morgan fingerprint density at radius 1 is 1.08 bits per heavy atom. The molecule has 188 valence electrons. The van der Waals surface area contributed by atoms with Gasteiger partial charge >= 0.3 is 0 Å². The Hall–Kier alpha value is -3.45. The molecule has 2 amide bonds. The van der Waals surface area contributed by atoms with Crippen molar-refractivity contribution in [1.29, 1.82) is 5.26 Å². The first kappa shape index (κ1) is 26.6. The van der Waals surface area contributed by atoms with Crippen LogP contribution in [-0.4, -0.2) is 36.3 Å². The fraction of sp³-hybridized carbons (Fsp3) is 0.148. The van der Waals surface area contributed by atoms with E-state index in [-0.39, 0.29) is 25.0 Å². The molecule has 0 saturated carbocycles. The van der Waals surface area contributed by atoms with Crippen LogP contribution >= 0.6 is 39.3 Å². The highest BCUT2D eigenvalue weighted by Crippen LogP contribution is 2.39. The van der Waals surface area contributed by atoms with Crippen LogP contribution in [0.3, 0.4) is 0 Å². The first-order valence-corrected chi connectivity index (χ1v) is 13.0. The monoisotopic (exact) mass is 598 g/mol. The van der Waals surface area contributed by atoms with Gasteiger partial charge in [0, 0.05) is 0 Å². The van der Waals surface area contributed by atoms with Gasteiger partial charge in [0.05, 0.1) is 39.7 Å². The Morgan fingerprint density at radius 2 is 1.84 bits per heavy atom. The second-order valence-corrected chi connectivity index (χ2v) is 10.00. The molecule has 0 radical (unpaired) electrons. The molecule has 1 heterocycles. The van der Waals surface area contributed by atoms with E-state index >= 15 is 0 Å². The summed E-state index contributed by atoms with van der Waals surface area (Å²) in [6.45, 7) is 0.497. The Balaban J connectivity index is 1.44. The third-order valence-corrected chi connectivity index (χ3v) is 7.11. The zero-order valence-corrected chi connectivity index (χ0v) is 22.7. The van der Waals surface area contributed by atoms with Crippen molar-refractivity contribution in [2.45, 2.75) is 6.61 Å². The molecule has 1 aliphatic rings. The Morgan fingerprint density at radius 3 is 2.54 bits per heavy atom. The highest BCUT2D eigenvalue weighted by atomic mass is 79.9. The van der Waals surface area contributed by atoms with Gasteiger partial charge in [-0.25, -0.2) is 0 Å². The van der Waals surface area contributed by atoms with E-state index in [9.17, 15) is 9.59 Å². The maximum atomic E-state index is 12.9. The lowest BCUT2D eigenvalue weighted by Gasteiger charge is -2.14. The Labute approximate surface area is 231 Å². The van der Waals surface area contributed by atoms with Crippen molar-refractivity contribution >= 4 is 56.5 Å². The van der Waals surface area contributed by atoms with Gasteiger partial charge in [0.25, 0.3) is 11.1 Å². The predicted octanol–water partition coefficient (Wildman–Crippen LogP) is 6.68. The molecule has 3 aromatic rings. The minimum absolute atomic E-state index is 0.0996. The number of carbonyl (C=O) groups is 2. The molecule has 0 atom stereocenters. The van der Waals surface area contributed by atoms with E-state index in [1.54, 1.807) is 54.6 Å². The van der Waals surface area contributed by atoms with Crippen LogP contribution in [0.4, 0.5) is 4.79 Å². The van der Waals surface area contributed by atoms with Gasteiger partial charge in [0.15, 0.2) is 11.5 Å². The van der Waals surface area contributed by atoms with Gasteiger partial charge in [-0.2, -0.15) is 5.26 Å². The number of imide groups is 1. The topological polar surface area (TPSA) is 88.9 Å². The molecule has 10 heteroatoms. The standard InChI is InChI=1S/C27H20BrClN2O5S/c1-34-23-13-19(12-20(28)25(23)36-16-18-8-6-17(15-30)7-9-18)14-24-26(32)31(27(33)37-24)10-11-35-22-5-3-2-4-21(22)29/h2-9,12-14H,10-11,16H2,1H3/b24-14-. The van der Waals surface area contributed by atoms with Crippen molar-refractivity contribution in [2.75, 3.05) is 20.3 Å².